The second-order valence-corrected chi connectivity index (χ2v) is 6.61. The molecule has 1 saturated carbocycles. The summed E-state index contributed by atoms with van der Waals surface area (Å²) in [6.45, 7) is 7.76. The average Bonchev–Trinajstić information content (AvgIpc) is 3.18. The standard InChI is InChI=1S/C17H25NO2/c1-5-18-14-11-17(3,16(2)8-9-16)20-15-10-12(19-4)6-7-13(14)15/h6-7,10,14,18H,5,8-9,11H2,1-4H3. The van der Waals surface area contributed by atoms with Gasteiger partial charge in [-0.3, -0.25) is 0 Å². The number of rotatable bonds is 4. The molecule has 0 saturated heterocycles. The number of fused-ring (bicyclic) bond motifs is 1. The van der Waals surface area contributed by atoms with Crippen molar-refractivity contribution in [3.8, 4) is 11.5 Å². The van der Waals surface area contributed by atoms with Gasteiger partial charge in [-0.2, -0.15) is 0 Å². The van der Waals surface area contributed by atoms with Crippen LogP contribution in [0.4, 0.5) is 0 Å². The van der Waals surface area contributed by atoms with Gasteiger partial charge in [-0.1, -0.05) is 19.9 Å². The van der Waals surface area contributed by atoms with Crippen LogP contribution >= 0.6 is 0 Å². The first-order valence-electron chi connectivity index (χ1n) is 7.62. The third kappa shape index (κ3) is 2.08. The summed E-state index contributed by atoms with van der Waals surface area (Å²) in [5.41, 5.74) is 1.50. The molecule has 1 aromatic rings. The molecule has 2 atom stereocenters. The van der Waals surface area contributed by atoms with E-state index in [4.69, 9.17) is 9.47 Å². The van der Waals surface area contributed by atoms with Gasteiger partial charge in [-0.05, 0) is 32.4 Å². The first-order chi connectivity index (χ1) is 9.51. The lowest BCUT2D eigenvalue weighted by molar-refractivity contribution is -0.0133. The Morgan fingerprint density at radius 3 is 2.70 bits per heavy atom. The predicted molar refractivity (Wildman–Crippen MR) is 80.4 cm³/mol. The fraction of sp³-hybridized carbons (Fsp3) is 0.647. The molecular weight excluding hydrogens is 250 g/mol. The Morgan fingerprint density at radius 2 is 2.10 bits per heavy atom. The zero-order chi connectivity index (χ0) is 14.4. The van der Waals surface area contributed by atoms with Crippen molar-refractivity contribution in [3.63, 3.8) is 0 Å². The Kier molecular flexibility index (Phi) is 3.20. The molecule has 0 amide bonds. The van der Waals surface area contributed by atoms with Gasteiger partial charge in [0.05, 0.1) is 7.11 Å². The molecule has 3 heteroatoms. The second-order valence-electron chi connectivity index (χ2n) is 6.61. The summed E-state index contributed by atoms with van der Waals surface area (Å²) in [7, 11) is 1.70. The van der Waals surface area contributed by atoms with Gasteiger partial charge in [0, 0.05) is 29.5 Å². The molecule has 0 radical (unpaired) electrons. The van der Waals surface area contributed by atoms with Crippen molar-refractivity contribution >= 4 is 0 Å². The summed E-state index contributed by atoms with van der Waals surface area (Å²) >= 11 is 0. The maximum absolute atomic E-state index is 6.45. The lowest BCUT2D eigenvalue weighted by Gasteiger charge is -2.44. The van der Waals surface area contributed by atoms with Gasteiger partial charge in [0.2, 0.25) is 0 Å². The third-order valence-corrected chi connectivity index (χ3v) is 5.25. The van der Waals surface area contributed by atoms with Crippen molar-refractivity contribution in [1.29, 1.82) is 0 Å². The highest BCUT2D eigenvalue weighted by molar-refractivity contribution is 5.45. The highest BCUT2D eigenvalue weighted by atomic mass is 16.5. The molecule has 110 valence electrons. The smallest absolute Gasteiger partial charge is 0.128 e. The largest absolute Gasteiger partial charge is 0.497 e. The molecule has 0 bridgehead atoms. The van der Waals surface area contributed by atoms with Crippen LogP contribution in [-0.4, -0.2) is 19.3 Å². The van der Waals surface area contributed by atoms with Crippen molar-refractivity contribution in [1.82, 2.24) is 5.32 Å². The van der Waals surface area contributed by atoms with E-state index in [1.54, 1.807) is 7.11 Å². The number of ether oxygens (including phenoxy) is 2. The monoisotopic (exact) mass is 275 g/mol. The highest BCUT2D eigenvalue weighted by Crippen LogP contribution is 2.59. The van der Waals surface area contributed by atoms with Gasteiger partial charge < -0.3 is 14.8 Å². The minimum atomic E-state index is -0.0841. The molecule has 0 aromatic heterocycles. The van der Waals surface area contributed by atoms with Crippen molar-refractivity contribution in [3.05, 3.63) is 23.8 Å². The molecule has 1 aromatic carbocycles. The Labute approximate surface area is 121 Å². The van der Waals surface area contributed by atoms with Crippen LogP contribution in [0, 0.1) is 5.41 Å². The molecular formula is C17H25NO2. The van der Waals surface area contributed by atoms with Gasteiger partial charge in [-0.15, -0.1) is 0 Å². The quantitative estimate of drug-likeness (QED) is 0.909. The van der Waals surface area contributed by atoms with Crippen LogP contribution in [0.3, 0.4) is 0 Å². The van der Waals surface area contributed by atoms with Gasteiger partial charge in [-0.25, -0.2) is 0 Å². The van der Waals surface area contributed by atoms with Crippen molar-refractivity contribution in [2.24, 2.45) is 5.41 Å². The number of methoxy groups -OCH3 is 1. The zero-order valence-corrected chi connectivity index (χ0v) is 13.0. The van der Waals surface area contributed by atoms with Crippen LogP contribution in [0.25, 0.3) is 0 Å². The van der Waals surface area contributed by atoms with E-state index in [9.17, 15) is 0 Å². The van der Waals surface area contributed by atoms with Crippen LogP contribution in [-0.2, 0) is 0 Å². The molecule has 1 N–H and O–H groups in total. The second kappa shape index (κ2) is 4.66. The molecule has 3 rings (SSSR count). The normalized spacial score (nSPS) is 30.3. The first kappa shape index (κ1) is 13.7. The van der Waals surface area contributed by atoms with E-state index in [-0.39, 0.29) is 5.60 Å². The number of nitrogens with one attached hydrogen (secondary N) is 1. The molecule has 20 heavy (non-hydrogen) atoms. The van der Waals surface area contributed by atoms with E-state index in [2.05, 4.69) is 32.2 Å². The number of hydrogen-bond donors (Lipinski definition) is 1. The fourth-order valence-electron chi connectivity index (χ4n) is 3.32. The summed E-state index contributed by atoms with van der Waals surface area (Å²) in [6.07, 6.45) is 3.57. The zero-order valence-electron chi connectivity index (χ0n) is 13.0. The van der Waals surface area contributed by atoms with E-state index in [1.807, 2.05) is 12.1 Å². The van der Waals surface area contributed by atoms with Crippen LogP contribution in [0.1, 0.15) is 51.6 Å². The SMILES string of the molecule is CCNC1CC(C)(C2(C)CC2)Oc2cc(OC)ccc21. The summed E-state index contributed by atoms with van der Waals surface area (Å²) in [4.78, 5) is 0. The number of hydrogen-bond acceptors (Lipinski definition) is 3. The summed E-state index contributed by atoms with van der Waals surface area (Å²) in [5.74, 6) is 1.85. The van der Waals surface area contributed by atoms with E-state index in [0.717, 1.165) is 24.5 Å². The van der Waals surface area contributed by atoms with Gasteiger partial charge in [0.1, 0.15) is 17.1 Å². The summed E-state index contributed by atoms with van der Waals surface area (Å²) in [5, 5.41) is 3.61. The Hall–Kier alpha value is -1.22. The van der Waals surface area contributed by atoms with E-state index in [1.165, 1.54) is 18.4 Å². The van der Waals surface area contributed by atoms with E-state index >= 15 is 0 Å². The average molecular weight is 275 g/mol. The predicted octanol–water partition coefficient (Wildman–Crippen LogP) is 3.69. The van der Waals surface area contributed by atoms with Crippen LogP contribution < -0.4 is 14.8 Å². The molecule has 0 spiro atoms. The first-order valence-corrected chi connectivity index (χ1v) is 7.62. The van der Waals surface area contributed by atoms with Crippen molar-refractivity contribution < 1.29 is 9.47 Å². The van der Waals surface area contributed by atoms with Gasteiger partial charge in [0.15, 0.2) is 0 Å². The molecule has 1 fully saturated rings. The van der Waals surface area contributed by atoms with Crippen LogP contribution in [0.2, 0.25) is 0 Å². The lowest BCUT2D eigenvalue weighted by atomic mass is 9.78. The van der Waals surface area contributed by atoms with Crippen LogP contribution in [0.15, 0.2) is 18.2 Å². The van der Waals surface area contributed by atoms with Crippen LogP contribution in [0.5, 0.6) is 11.5 Å². The Bertz CT molecular complexity index is 510. The highest BCUT2D eigenvalue weighted by Gasteiger charge is 2.57. The minimum absolute atomic E-state index is 0.0841. The summed E-state index contributed by atoms with van der Waals surface area (Å²) in [6, 6.07) is 6.56. The van der Waals surface area contributed by atoms with E-state index in [0.29, 0.717) is 11.5 Å². The fourth-order valence-corrected chi connectivity index (χ4v) is 3.32. The molecule has 2 unspecified atom stereocenters. The Balaban J connectivity index is 1.99. The summed E-state index contributed by atoms with van der Waals surface area (Å²) < 4.78 is 11.8. The van der Waals surface area contributed by atoms with Gasteiger partial charge in [0.25, 0.3) is 0 Å². The third-order valence-electron chi connectivity index (χ3n) is 5.25. The molecule has 1 aliphatic heterocycles. The number of benzene rings is 1. The minimum Gasteiger partial charge on any atom is -0.497 e. The van der Waals surface area contributed by atoms with Crippen molar-refractivity contribution in [2.75, 3.05) is 13.7 Å². The maximum atomic E-state index is 6.45. The van der Waals surface area contributed by atoms with Gasteiger partial charge >= 0.3 is 0 Å². The Morgan fingerprint density at radius 1 is 1.35 bits per heavy atom. The van der Waals surface area contributed by atoms with E-state index < -0.39 is 0 Å². The molecule has 3 nitrogen and oxygen atoms in total. The molecule has 1 aliphatic carbocycles. The topological polar surface area (TPSA) is 30.5 Å². The molecule has 1 heterocycles. The molecule has 2 aliphatic rings. The van der Waals surface area contributed by atoms with Crippen molar-refractivity contribution in [2.45, 2.75) is 51.7 Å². The lowest BCUT2D eigenvalue weighted by Crippen LogP contribution is -2.47. The maximum Gasteiger partial charge on any atom is 0.128 e.